The Hall–Kier alpha value is -2.24. The third-order valence-electron chi connectivity index (χ3n) is 5.78. The van der Waals surface area contributed by atoms with E-state index >= 15 is 0 Å². The number of rotatable bonds is 4. The molecule has 0 saturated carbocycles. The lowest BCUT2D eigenvalue weighted by atomic mass is 9.66. The second-order valence-electron chi connectivity index (χ2n) is 7.54. The van der Waals surface area contributed by atoms with Gasteiger partial charge in [0.25, 0.3) is 0 Å². The van der Waals surface area contributed by atoms with E-state index in [-0.39, 0.29) is 5.41 Å². The van der Waals surface area contributed by atoms with Crippen LogP contribution in [0.25, 0.3) is 0 Å². The van der Waals surface area contributed by atoms with Crippen molar-refractivity contribution in [3.8, 4) is 0 Å². The average molecular weight is 381 g/mol. The molecule has 2 aromatic carbocycles. The number of benzene rings is 2. The van der Waals surface area contributed by atoms with E-state index in [2.05, 4.69) is 12.1 Å². The second-order valence-corrected chi connectivity index (χ2v) is 9.48. The van der Waals surface area contributed by atoms with Gasteiger partial charge in [0.2, 0.25) is 10.0 Å². The van der Waals surface area contributed by atoms with Gasteiger partial charge >= 0.3 is 0 Å². The summed E-state index contributed by atoms with van der Waals surface area (Å²) in [6.45, 7) is 0.963. The van der Waals surface area contributed by atoms with Crippen LogP contribution in [0, 0.1) is 10.8 Å². The van der Waals surface area contributed by atoms with Crippen molar-refractivity contribution in [1.29, 1.82) is 5.41 Å². The number of piperidine rings is 1. The van der Waals surface area contributed by atoms with Crippen molar-refractivity contribution in [2.45, 2.75) is 30.6 Å². The van der Waals surface area contributed by atoms with Crippen molar-refractivity contribution < 1.29 is 8.42 Å². The molecule has 1 heterocycles. The summed E-state index contributed by atoms with van der Waals surface area (Å²) in [5.74, 6) is 0. The summed E-state index contributed by atoms with van der Waals surface area (Å²) in [6.07, 6.45) is 5.04. The van der Waals surface area contributed by atoms with Crippen molar-refractivity contribution >= 4 is 15.7 Å². The Balaban J connectivity index is 1.70. The largest absolute Gasteiger partial charge is 0.305 e. The molecule has 2 aromatic rings. The normalized spacial score (nSPS) is 23.6. The Morgan fingerprint density at radius 1 is 0.963 bits per heavy atom. The van der Waals surface area contributed by atoms with E-state index in [1.807, 2.05) is 30.3 Å². The van der Waals surface area contributed by atoms with Gasteiger partial charge < -0.3 is 5.41 Å². The van der Waals surface area contributed by atoms with Gasteiger partial charge in [-0.15, -0.1) is 0 Å². The first kappa shape index (κ1) is 18.1. The lowest BCUT2D eigenvalue weighted by Crippen LogP contribution is -2.49. The fraction of sp³-hybridized carbons (Fsp3) is 0.318. The highest BCUT2D eigenvalue weighted by Gasteiger charge is 2.44. The summed E-state index contributed by atoms with van der Waals surface area (Å²) < 4.78 is 28.0. The molecular weight excluding hydrogens is 356 g/mol. The fourth-order valence-electron chi connectivity index (χ4n) is 4.34. The van der Waals surface area contributed by atoms with Gasteiger partial charge in [-0.1, -0.05) is 54.1 Å². The summed E-state index contributed by atoms with van der Waals surface area (Å²) in [5.41, 5.74) is 2.90. The van der Waals surface area contributed by atoms with Crippen LogP contribution in [0.4, 0.5) is 0 Å². The van der Waals surface area contributed by atoms with E-state index in [1.54, 1.807) is 28.6 Å². The summed E-state index contributed by atoms with van der Waals surface area (Å²) in [4.78, 5) is 0.357. The monoisotopic (exact) mass is 380 g/mol. The maximum atomic E-state index is 13.2. The van der Waals surface area contributed by atoms with Gasteiger partial charge in [-0.25, -0.2) is 8.42 Å². The molecule has 1 aliphatic heterocycles. The molecule has 2 aliphatic rings. The van der Waals surface area contributed by atoms with Gasteiger partial charge in [-0.3, -0.25) is 0 Å². The van der Waals surface area contributed by atoms with Crippen LogP contribution in [0.5, 0.6) is 0 Å². The average Bonchev–Trinajstić information content (AvgIpc) is 2.69. The highest BCUT2D eigenvalue weighted by molar-refractivity contribution is 7.89. The molecule has 0 radical (unpaired) electrons. The predicted molar refractivity (Wildman–Crippen MR) is 107 cm³/mol. The molecule has 0 amide bonds. The molecule has 4 nitrogen and oxygen atoms in total. The van der Waals surface area contributed by atoms with E-state index in [0.717, 1.165) is 12.8 Å². The van der Waals surface area contributed by atoms with Gasteiger partial charge in [0.1, 0.15) is 0 Å². The van der Waals surface area contributed by atoms with Gasteiger partial charge in [0.15, 0.2) is 0 Å². The van der Waals surface area contributed by atoms with E-state index in [4.69, 9.17) is 5.41 Å². The summed E-state index contributed by atoms with van der Waals surface area (Å²) in [7, 11) is -3.50. The van der Waals surface area contributed by atoms with Crippen LogP contribution in [-0.4, -0.2) is 31.5 Å². The van der Waals surface area contributed by atoms with Crippen molar-refractivity contribution in [2.24, 2.45) is 5.41 Å². The minimum absolute atomic E-state index is 0.216. The standard InChI is InChI=1S/C22H24N2O2S/c23-20-11-13-22(16-18-7-3-1-4-8-18)17-24(14-12-19(22)15-20)27(25,26)21-9-5-2-6-10-21/h1-10,15,23H,11-14,16-17H2. The zero-order chi connectivity index (χ0) is 18.9. The van der Waals surface area contributed by atoms with Gasteiger partial charge in [0, 0.05) is 24.2 Å². The first-order chi connectivity index (χ1) is 13.0. The maximum Gasteiger partial charge on any atom is 0.243 e. The van der Waals surface area contributed by atoms with Crippen LogP contribution < -0.4 is 0 Å². The number of hydrogen-bond acceptors (Lipinski definition) is 3. The molecule has 140 valence electrons. The minimum atomic E-state index is -3.50. The third-order valence-corrected chi connectivity index (χ3v) is 7.64. The SMILES string of the molecule is N=C1C=C2CCN(S(=O)(=O)c3ccccc3)CC2(Cc2ccccc2)CC1. The zero-order valence-corrected chi connectivity index (χ0v) is 16.1. The van der Waals surface area contributed by atoms with E-state index in [1.165, 1.54) is 11.1 Å². The Kier molecular flexibility index (Phi) is 4.74. The van der Waals surface area contributed by atoms with Crippen LogP contribution >= 0.6 is 0 Å². The number of nitrogens with zero attached hydrogens (tertiary/aromatic N) is 1. The Morgan fingerprint density at radius 2 is 1.63 bits per heavy atom. The molecule has 1 N–H and O–H groups in total. The molecule has 5 heteroatoms. The minimum Gasteiger partial charge on any atom is -0.305 e. The van der Waals surface area contributed by atoms with Crippen molar-refractivity contribution in [1.82, 2.24) is 4.31 Å². The van der Waals surface area contributed by atoms with E-state index in [9.17, 15) is 8.42 Å². The number of sulfonamides is 1. The number of hydrogen-bond donors (Lipinski definition) is 1. The lowest BCUT2D eigenvalue weighted by molar-refractivity contribution is 0.197. The lowest BCUT2D eigenvalue weighted by Gasteiger charge is -2.46. The van der Waals surface area contributed by atoms with Crippen LogP contribution in [0.2, 0.25) is 0 Å². The number of nitrogens with one attached hydrogen (secondary N) is 1. The quantitative estimate of drug-likeness (QED) is 0.870. The molecule has 1 saturated heterocycles. The summed E-state index contributed by atoms with van der Waals surface area (Å²) in [5, 5.41) is 8.08. The van der Waals surface area contributed by atoms with Crippen LogP contribution in [0.3, 0.4) is 0 Å². The second kappa shape index (κ2) is 7.06. The Labute approximate surface area is 161 Å². The van der Waals surface area contributed by atoms with Gasteiger partial charge in [0.05, 0.1) is 4.90 Å². The molecule has 0 aromatic heterocycles. The molecule has 27 heavy (non-hydrogen) atoms. The smallest absolute Gasteiger partial charge is 0.243 e. The first-order valence-electron chi connectivity index (χ1n) is 9.37. The first-order valence-corrected chi connectivity index (χ1v) is 10.8. The highest BCUT2D eigenvalue weighted by Crippen LogP contribution is 2.45. The summed E-state index contributed by atoms with van der Waals surface area (Å²) >= 11 is 0. The van der Waals surface area contributed by atoms with Crippen LogP contribution in [0.1, 0.15) is 24.8 Å². The van der Waals surface area contributed by atoms with Crippen LogP contribution in [-0.2, 0) is 16.4 Å². The molecule has 0 spiro atoms. The zero-order valence-electron chi connectivity index (χ0n) is 15.3. The molecule has 1 fully saturated rings. The molecule has 0 bridgehead atoms. The van der Waals surface area contributed by atoms with E-state index < -0.39 is 10.0 Å². The molecule has 1 aliphatic carbocycles. The Bertz CT molecular complexity index is 968. The number of allylic oxidation sites excluding steroid dienone is 1. The Morgan fingerprint density at radius 3 is 2.33 bits per heavy atom. The van der Waals surface area contributed by atoms with Crippen molar-refractivity contribution in [2.75, 3.05) is 13.1 Å². The fourth-order valence-corrected chi connectivity index (χ4v) is 5.89. The van der Waals surface area contributed by atoms with Gasteiger partial charge in [-0.2, -0.15) is 4.31 Å². The topological polar surface area (TPSA) is 61.2 Å². The van der Waals surface area contributed by atoms with E-state index in [0.29, 0.717) is 36.5 Å². The molecule has 1 unspecified atom stereocenters. The predicted octanol–water partition coefficient (Wildman–Crippen LogP) is 4.05. The molecule has 4 rings (SSSR count). The van der Waals surface area contributed by atoms with Crippen molar-refractivity contribution in [3.05, 3.63) is 77.9 Å². The maximum absolute atomic E-state index is 13.2. The van der Waals surface area contributed by atoms with Crippen LogP contribution in [0.15, 0.2) is 77.2 Å². The summed E-state index contributed by atoms with van der Waals surface area (Å²) in [6, 6.07) is 19.0. The number of fused-ring (bicyclic) bond motifs is 1. The van der Waals surface area contributed by atoms with Crippen molar-refractivity contribution in [3.63, 3.8) is 0 Å². The molecule has 1 atom stereocenters. The molecular formula is C22H24N2O2S. The third kappa shape index (κ3) is 3.49. The van der Waals surface area contributed by atoms with Gasteiger partial charge in [-0.05, 0) is 49.5 Å². The highest BCUT2D eigenvalue weighted by atomic mass is 32.2.